The number of carbonyl (C=O) groups excluding carboxylic acids is 1. The van der Waals surface area contributed by atoms with Crippen LogP contribution in [0.1, 0.15) is 39.2 Å². The minimum Gasteiger partial charge on any atom is -0.460 e. The lowest BCUT2D eigenvalue weighted by atomic mass is 9.99. The van der Waals surface area contributed by atoms with Gasteiger partial charge < -0.3 is 4.74 Å². The van der Waals surface area contributed by atoms with Crippen LogP contribution in [0, 0.1) is 5.92 Å². The van der Waals surface area contributed by atoms with E-state index in [1.165, 1.54) is 0 Å². The summed E-state index contributed by atoms with van der Waals surface area (Å²) in [6.45, 7) is 5.30. The number of hydrogen-bond acceptors (Lipinski definition) is 4. The SMILES string of the molecule is CC(C)(C)OC(=O)[C@@H]1CCCN(S(=O)(=O)c2ccc(C(F)(F)F)cc2Br)C1. The molecule has 5 nitrogen and oxygen atoms in total. The fourth-order valence-corrected chi connectivity index (χ4v) is 5.33. The van der Waals surface area contributed by atoms with Gasteiger partial charge in [-0.05, 0) is 67.7 Å². The molecule has 0 bridgehead atoms. The maximum atomic E-state index is 12.9. The summed E-state index contributed by atoms with van der Waals surface area (Å²) in [5.74, 6) is -1.09. The number of benzene rings is 1. The fourth-order valence-electron chi connectivity index (χ4n) is 2.76. The topological polar surface area (TPSA) is 63.7 Å². The minimum absolute atomic E-state index is 0.0648. The van der Waals surface area contributed by atoms with E-state index in [0.29, 0.717) is 12.8 Å². The molecule has 27 heavy (non-hydrogen) atoms. The first-order valence-corrected chi connectivity index (χ1v) is 10.5. The molecule has 0 aliphatic carbocycles. The van der Waals surface area contributed by atoms with Gasteiger partial charge in [0.2, 0.25) is 10.0 Å². The first kappa shape index (κ1) is 22.2. The molecule has 1 aromatic rings. The first-order chi connectivity index (χ1) is 12.2. The molecule has 0 unspecified atom stereocenters. The number of nitrogens with zero attached hydrogens (tertiary/aromatic N) is 1. The van der Waals surface area contributed by atoms with Gasteiger partial charge in [0.1, 0.15) is 5.60 Å². The summed E-state index contributed by atoms with van der Waals surface area (Å²) in [4.78, 5) is 12.0. The summed E-state index contributed by atoms with van der Waals surface area (Å²) in [5.41, 5.74) is -1.63. The number of ether oxygens (including phenoxy) is 1. The number of carbonyl (C=O) groups is 1. The third-order valence-corrected chi connectivity index (χ3v) is 6.84. The Morgan fingerprint density at radius 2 is 1.89 bits per heavy atom. The molecule has 10 heteroatoms. The van der Waals surface area contributed by atoms with E-state index in [-0.39, 0.29) is 22.5 Å². The Morgan fingerprint density at radius 1 is 1.26 bits per heavy atom. The number of halogens is 4. The Hall–Kier alpha value is -1.13. The van der Waals surface area contributed by atoms with Crippen molar-refractivity contribution >= 4 is 31.9 Å². The second-order valence-corrected chi connectivity index (χ2v) is 10.1. The molecule has 0 saturated carbocycles. The second kappa shape index (κ2) is 7.71. The number of esters is 1. The lowest BCUT2D eigenvalue weighted by molar-refractivity contribution is -0.161. The van der Waals surface area contributed by atoms with Crippen molar-refractivity contribution in [3.8, 4) is 0 Å². The van der Waals surface area contributed by atoms with Crippen LogP contribution in [0.4, 0.5) is 13.2 Å². The fraction of sp³-hybridized carbons (Fsp3) is 0.588. The van der Waals surface area contributed by atoms with Gasteiger partial charge in [-0.1, -0.05) is 0 Å². The van der Waals surface area contributed by atoms with Crippen LogP contribution in [0.15, 0.2) is 27.6 Å². The quantitative estimate of drug-likeness (QED) is 0.619. The van der Waals surface area contributed by atoms with E-state index in [1.54, 1.807) is 20.8 Å². The summed E-state index contributed by atoms with van der Waals surface area (Å²) in [5, 5.41) is 0. The number of rotatable bonds is 3. The standard InChI is InChI=1S/C17H21BrF3NO4S/c1-16(2,3)26-15(23)11-5-4-8-22(10-11)27(24,25)14-7-6-12(9-13(14)18)17(19,20)21/h6-7,9,11H,4-5,8,10H2,1-3H3/t11-/m1/s1. The molecule has 152 valence electrons. The molecule has 1 heterocycles. The average molecular weight is 472 g/mol. The molecule has 1 aliphatic rings. The zero-order chi connectivity index (χ0) is 20.6. The molecule has 1 fully saturated rings. The summed E-state index contributed by atoms with van der Waals surface area (Å²) < 4.78 is 70.4. The monoisotopic (exact) mass is 471 g/mol. The van der Waals surface area contributed by atoms with Gasteiger partial charge in [0.05, 0.1) is 16.4 Å². The van der Waals surface area contributed by atoms with E-state index in [0.717, 1.165) is 22.5 Å². The van der Waals surface area contributed by atoms with Gasteiger partial charge in [-0.25, -0.2) is 8.42 Å². The molecule has 0 radical (unpaired) electrons. The first-order valence-electron chi connectivity index (χ1n) is 8.31. The zero-order valence-electron chi connectivity index (χ0n) is 15.1. The molecule has 0 amide bonds. The van der Waals surface area contributed by atoms with Crippen molar-refractivity contribution in [3.63, 3.8) is 0 Å². The summed E-state index contributed by atoms with van der Waals surface area (Å²) in [7, 11) is -4.05. The summed E-state index contributed by atoms with van der Waals surface area (Å²) in [6, 6.07) is 2.40. The third-order valence-electron chi connectivity index (χ3n) is 4.00. The summed E-state index contributed by atoms with van der Waals surface area (Å²) >= 11 is 2.93. The van der Waals surface area contributed by atoms with Crippen LogP contribution >= 0.6 is 15.9 Å². The van der Waals surface area contributed by atoms with Gasteiger partial charge >= 0.3 is 12.1 Å². The highest BCUT2D eigenvalue weighted by atomic mass is 79.9. The Bertz CT molecular complexity index is 818. The maximum absolute atomic E-state index is 12.9. The van der Waals surface area contributed by atoms with Gasteiger partial charge in [0.25, 0.3) is 0 Å². The molecular formula is C17H21BrF3NO4S. The molecule has 1 aliphatic heterocycles. The number of hydrogen-bond donors (Lipinski definition) is 0. The highest BCUT2D eigenvalue weighted by molar-refractivity contribution is 9.10. The van der Waals surface area contributed by atoms with Crippen LogP contribution in [0.2, 0.25) is 0 Å². The van der Waals surface area contributed by atoms with Crippen LogP contribution in [0.3, 0.4) is 0 Å². The average Bonchev–Trinajstić information content (AvgIpc) is 2.52. The van der Waals surface area contributed by atoms with Crippen molar-refractivity contribution in [3.05, 3.63) is 28.2 Å². The van der Waals surface area contributed by atoms with Crippen molar-refractivity contribution in [2.75, 3.05) is 13.1 Å². The van der Waals surface area contributed by atoms with Crippen molar-refractivity contribution in [2.45, 2.75) is 50.3 Å². The van der Waals surface area contributed by atoms with E-state index in [2.05, 4.69) is 15.9 Å². The molecule has 0 spiro atoms. The number of piperidine rings is 1. The van der Waals surface area contributed by atoms with Gasteiger partial charge in [-0.15, -0.1) is 0 Å². The number of alkyl halides is 3. The van der Waals surface area contributed by atoms with Crippen molar-refractivity contribution in [1.29, 1.82) is 0 Å². The maximum Gasteiger partial charge on any atom is 0.416 e. The number of sulfonamides is 1. The van der Waals surface area contributed by atoms with Gasteiger partial charge in [-0.3, -0.25) is 4.79 Å². The Kier molecular flexibility index (Phi) is 6.33. The molecule has 1 aromatic carbocycles. The largest absolute Gasteiger partial charge is 0.460 e. The molecule has 2 rings (SSSR count). The Balaban J connectivity index is 2.25. The molecule has 1 saturated heterocycles. The van der Waals surface area contributed by atoms with E-state index in [9.17, 15) is 26.4 Å². The second-order valence-electron chi connectivity index (χ2n) is 7.38. The van der Waals surface area contributed by atoms with Gasteiger partial charge in [0.15, 0.2) is 0 Å². The van der Waals surface area contributed by atoms with Crippen LogP contribution in [-0.4, -0.2) is 37.4 Å². The smallest absolute Gasteiger partial charge is 0.416 e. The molecule has 1 atom stereocenters. The van der Waals surface area contributed by atoms with Gasteiger partial charge in [-0.2, -0.15) is 17.5 Å². The van der Waals surface area contributed by atoms with Crippen LogP contribution in [-0.2, 0) is 25.7 Å². The van der Waals surface area contributed by atoms with E-state index >= 15 is 0 Å². The van der Waals surface area contributed by atoms with E-state index in [1.807, 2.05) is 0 Å². The molecule has 0 aromatic heterocycles. The van der Waals surface area contributed by atoms with Gasteiger partial charge in [0, 0.05) is 17.6 Å². The van der Waals surface area contributed by atoms with Crippen LogP contribution in [0.25, 0.3) is 0 Å². The molecular weight excluding hydrogens is 451 g/mol. The summed E-state index contributed by atoms with van der Waals surface area (Å²) in [6.07, 6.45) is -3.62. The normalized spacial score (nSPS) is 19.7. The highest BCUT2D eigenvalue weighted by Gasteiger charge is 2.37. The third kappa shape index (κ3) is 5.45. The molecule has 0 N–H and O–H groups in total. The van der Waals surface area contributed by atoms with E-state index < -0.39 is 39.3 Å². The lowest BCUT2D eigenvalue weighted by Gasteiger charge is -2.32. The van der Waals surface area contributed by atoms with Crippen molar-refractivity contribution in [2.24, 2.45) is 5.92 Å². The minimum atomic E-state index is -4.57. The van der Waals surface area contributed by atoms with Crippen LogP contribution < -0.4 is 0 Å². The Labute approximate surface area is 165 Å². The Morgan fingerprint density at radius 3 is 2.41 bits per heavy atom. The van der Waals surface area contributed by atoms with Crippen molar-refractivity contribution in [1.82, 2.24) is 4.31 Å². The lowest BCUT2D eigenvalue weighted by Crippen LogP contribution is -2.44. The highest BCUT2D eigenvalue weighted by Crippen LogP contribution is 2.35. The van der Waals surface area contributed by atoms with Crippen molar-refractivity contribution < 1.29 is 31.1 Å². The van der Waals surface area contributed by atoms with Crippen LogP contribution in [0.5, 0.6) is 0 Å². The van der Waals surface area contributed by atoms with E-state index in [4.69, 9.17) is 4.74 Å². The zero-order valence-corrected chi connectivity index (χ0v) is 17.5. The predicted octanol–water partition coefficient (Wildman–Crippen LogP) is 4.21. The predicted molar refractivity (Wildman–Crippen MR) is 96.5 cm³/mol.